The van der Waals surface area contributed by atoms with Crippen molar-refractivity contribution in [2.75, 3.05) is 7.05 Å². The van der Waals surface area contributed by atoms with Crippen LogP contribution in [-0.4, -0.2) is 28.9 Å². The third-order valence-electron chi connectivity index (χ3n) is 2.28. The van der Waals surface area contributed by atoms with Gasteiger partial charge in [0.15, 0.2) is 0 Å². The molecule has 0 fully saturated rings. The highest BCUT2D eigenvalue weighted by Crippen LogP contribution is 2.30. The number of benzene rings is 1. The smallest absolute Gasteiger partial charge is 0.261 e. The third kappa shape index (κ3) is 2.23. The monoisotopic (exact) mass is 254 g/mol. The fourth-order valence-corrected chi connectivity index (χ4v) is 2.85. The van der Waals surface area contributed by atoms with Crippen LogP contribution in [-0.2, 0) is 4.79 Å². The molecule has 1 aliphatic heterocycles. The van der Waals surface area contributed by atoms with Crippen molar-refractivity contribution in [3.05, 3.63) is 29.3 Å². The second-order valence-electron chi connectivity index (χ2n) is 3.56. The number of hydrogen-bond acceptors (Lipinski definition) is 3. The molecule has 84 valence electrons. The summed E-state index contributed by atoms with van der Waals surface area (Å²) in [7, 11) is 1.67. The van der Waals surface area contributed by atoms with Crippen molar-refractivity contribution in [2.24, 2.45) is 5.10 Å². The Kier molecular flexibility index (Phi) is 3.21. The Balaban J connectivity index is 2.17. The zero-order chi connectivity index (χ0) is 11.7. The molecule has 1 heterocycles. The van der Waals surface area contributed by atoms with Crippen molar-refractivity contribution in [1.29, 1.82) is 0 Å². The molecule has 5 heteroatoms. The van der Waals surface area contributed by atoms with Crippen molar-refractivity contribution in [2.45, 2.75) is 17.1 Å². The number of thioether (sulfide) groups is 1. The van der Waals surface area contributed by atoms with Crippen molar-refractivity contribution < 1.29 is 4.79 Å². The molecule has 1 unspecified atom stereocenters. The minimum atomic E-state index is -0.219. The molecule has 0 N–H and O–H groups in total. The molecule has 0 bridgehead atoms. The third-order valence-corrected chi connectivity index (χ3v) is 3.82. The molecule has 0 radical (unpaired) electrons. The molecule has 1 aromatic carbocycles. The first kappa shape index (κ1) is 11.5. The van der Waals surface area contributed by atoms with E-state index in [1.807, 2.05) is 31.2 Å². The molecule has 2 rings (SSSR count). The van der Waals surface area contributed by atoms with Crippen LogP contribution >= 0.6 is 23.4 Å². The van der Waals surface area contributed by atoms with E-state index in [0.29, 0.717) is 5.02 Å². The zero-order valence-electron chi connectivity index (χ0n) is 8.98. The Hall–Kier alpha value is -1.00. The molecular weight excluding hydrogens is 244 g/mol. The molecule has 0 saturated carbocycles. The Bertz CT molecular complexity index is 461. The van der Waals surface area contributed by atoms with Crippen LogP contribution < -0.4 is 0 Å². The van der Waals surface area contributed by atoms with Crippen LogP contribution in [0.5, 0.6) is 0 Å². The minimum Gasteiger partial charge on any atom is -0.271 e. The van der Waals surface area contributed by atoms with Crippen LogP contribution in [0, 0.1) is 0 Å². The summed E-state index contributed by atoms with van der Waals surface area (Å²) in [5.74, 6) is 0.0162. The maximum atomic E-state index is 11.8. The quantitative estimate of drug-likeness (QED) is 0.813. The molecule has 3 nitrogen and oxygen atoms in total. The van der Waals surface area contributed by atoms with Crippen LogP contribution in [0.2, 0.25) is 5.02 Å². The highest BCUT2D eigenvalue weighted by molar-refractivity contribution is 8.01. The first-order valence-electron chi connectivity index (χ1n) is 4.83. The van der Waals surface area contributed by atoms with Gasteiger partial charge in [-0.25, -0.2) is 5.01 Å². The number of amides is 1. The van der Waals surface area contributed by atoms with Gasteiger partial charge in [-0.15, -0.1) is 11.8 Å². The molecule has 1 amide bonds. The largest absolute Gasteiger partial charge is 0.271 e. The zero-order valence-corrected chi connectivity index (χ0v) is 10.5. The maximum absolute atomic E-state index is 11.8. The van der Waals surface area contributed by atoms with E-state index in [1.165, 1.54) is 16.8 Å². The van der Waals surface area contributed by atoms with Gasteiger partial charge in [0.05, 0.1) is 5.71 Å². The number of nitrogens with zero attached hydrogens (tertiary/aromatic N) is 2. The predicted octanol–water partition coefficient (Wildman–Crippen LogP) is 2.65. The van der Waals surface area contributed by atoms with Crippen molar-refractivity contribution in [3.63, 3.8) is 0 Å². The molecule has 0 saturated heterocycles. The van der Waals surface area contributed by atoms with Gasteiger partial charge >= 0.3 is 0 Å². The molecule has 1 aliphatic rings. The Morgan fingerprint density at radius 1 is 1.50 bits per heavy atom. The average Bonchev–Trinajstić information content (AvgIpc) is 2.45. The van der Waals surface area contributed by atoms with E-state index < -0.39 is 0 Å². The fourth-order valence-electron chi connectivity index (χ4n) is 1.50. The van der Waals surface area contributed by atoms with Gasteiger partial charge in [-0.3, -0.25) is 4.79 Å². The van der Waals surface area contributed by atoms with E-state index in [0.717, 1.165) is 10.6 Å². The Morgan fingerprint density at radius 3 is 2.81 bits per heavy atom. The lowest BCUT2D eigenvalue weighted by Crippen LogP contribution is -2.26. The summed E-state index contributed by atoms with van der Waals surface area (Å²) in [6.45, 7) is 1.86. The van der Waals surface area contributed by atoms with Crippen LogP contribution in [0.25, 0.3) is 0 Å². The highest BCUT2D eigenvalue weighted by Gasteiger charge is 2.31. The molecule has 16 heavy (non-hydrogen) atoms. The van der Waals surface area contributed by atoms with E-state index in [1.54, 1.807) is 7.05 Å². The van der Waals surface area contributed by atoms with Crippen molar-refractivity contribution in [1.82, 2.24) is 5.01 Å². The molecule has 1 atom stereocenters. The van der Waals surface area contributed by atoms with Crippen molar-refractivity contribution in [3.8, 4) is 0 Å². The normalized spacial score (nSPS) is 20.2. The summed E-state index contributed by atoms with van der Waals surface area (Å²) in [6, 6.07) is 7.48. The number of hydrogen-bond donors (Lipinski definition) is 0. The number of carbonyl (C=O) groups excluding carboxylic acids is 1. The second kappa shape index (κ2) is 4.47. The predicted molar refractivity (Wildman–Crippen MR) is 67.0 cm³/mol. The first-order chi connectivity index (χ1) is 7.58. The lowest BCUT2D eigenvalue weighted by atomic mass is 10.3. The highest BCUT2D eigenvalue weighted by atomic mass is 35.5. The molecular formula is C11H11ClN2OS. The van der Waals surface area contributed by atoms with Gasteiger partial charge in [0.25, 0.3) is 5.91 Å². The number of halogens is 1. The van der Waals surface area contributed by atoms with Gasteiger partial charge in [-0.2, -0.15) is 5.10 Å². The summed E-state index contributed by atoms with van der Waals surface area (Å²) in [5, 5.41) is 5.96. The SMILES string of the molecule is CC1=NN(C)C(=O)C1Sc1cccc(Cl)c1. The lowest BCUT2D eigenvalue weighted by molar-refractivity contribution is -0.126. The minimum absolute atomic E-state index is 0.0162. The Labute approximate surface area is 103 Å². The van der Waals surface area contributed by atoms with Crippen LogP contribution in [0.1, 0.15) is 6.92 Å². The summed E-state index contributed by atoms with van der Waals surface area (Å²) < 4.78 is 0. The number of hydrazone groups is 1. The Morgan fingerprint density at radius 2 is 2.25 bits per heavy atom. The summed E-state index contributed by atoms with van der Waals surface area (Å²) >= 11 is 7.37. The lowest BCUT2D eigenvalue weighted by Gasteiger charge is -2.09. The van der Waals surface area contributed by atoms with E-state index >= 15 is 0 Å². The number of rotatable bonds is 2. The van der Waals surface area contributed by atoms with E-state index in [2.05, 4.69) is 5.10 Å². The van der Waals surface area contributed by atoms with Crippen molar-refractivity contribution >= 4 is 35.0 Å². The van der Waals surface area contributed by atoms with Gasteiger partial charge in [0.1, 0.15) is 5.25 Å². The van der Waals surface area contributed by atoms with Crippen LogP contribution in [0.4, 0.5) is 0 Å². The topological polar surface area (TPSA) is 32.7 Å². The average molecular weight is 255 g/mol. The number of carbonyl (C=O) groups is 1. The van der Waals surface area contributed by atoms with Gasteiger partial charge in [0, 0.05) is 17.0 Å². The van der Waals surface area contributed by atoms with E-state index in [4.69, 9.17) is 11.6 Å². The summed E-state index contributed by atoms with van der Waals surface area (Å²) in [5.41, 5.74) is 0.831. The molecule has 0 spiro atoms. The van der Waals surface area contributed by atoms with E-state index in [-0.39, 0.29) is 11.2 Å². The molecule has 0 aromatic heterocycles. The first-order valence-corrected chi connectivity index (χ1v) is 6.08. The van der Waals surface area contributed by atoms with Gasteiger partial charge in [-0.05, 0) is 25.1 Å². The maximum Gasteiger partial charge on any atom is 0.261 e. The summed E-state index contributed by atoms with van der Waals surface area (Å²) in [6.07, 6.45) is 0. The van der Waals surface area contributed by atoms with Gasteiger partial charge in [0.2, 0.25) is 0 Å². The molecule has 1 aromatic rings. The fraction of sp³-hybridized carbons (Fsp3) is 0.273. The van der Waals surface area contributed by atoms with Gasteiger partial charge < -0.3 is 0 Å². The molecule has 0 aliphatic carbocycles. The van der Waals surface area contributed by atoms with Crippen LogP contribution in [0.15, 0.2) is 34.3 Å². The van der Waals surface area contributed by atoms with Crippen LogP contribution in [0.3, 0.4) is 0 Å². The van der Waals surface area contributed by atoms with E-state index in [9.17, 15) is 4.79 Å². The van der Waals surface area contributed by atoms with Gasteiger partial charge in [-0.1, -0.05) is 17.7 Å². The standard InChI is InChI=1S/C11H11ClN2OS/c1-7-10(11(15)14(2)13-7)16-9-5-3-4-8(12)6-9/h3-6,10H,1-2H3. The summed E-state index contributed by atoms with van der Waals surface area (Å²) in [4.78, 5) is 12.7. The second-order valence-corrected chi connectivity index (χ2v) is 5.17.